The maximum Gasteiger partial charge on any atom is 0.243 e. The Hall–Kier alpha value is -1.52. The molecule has 0 aliphatic rings. The third kappa shape index (κ3) is 3.48. The predicted molar refractivity (Wildman–Crippen MR) is 60.9 cm³/mol. The van der Waals surface area contributed by atoms with Gasteiger partial charge in [-0.1, -0.05) is 0 Å². The van der Waals surface area contributed by atoms with Crippen LogP contribution in [-0.2, 0) is 10.0 Å². The van der Waals surface area contributed by atoms with Crippen molar-refractivity contribution in [1.29, 1.82) is 5.26 Å². The molecule has 1 aromatic carbocycles. The topological polar surface area (TPSA) is 70.0 Å². The third-order valence-electron chi connectivity index (χ3n) is 2.19. The van der Waals surface area contributed by atoms with Gasteiger partial charge in [-0.05, 0) is 26.0 Å². The highest BCUT2D eigenvalue weighted by molar-refractivity contribution is 7.89. The van der Waals surface area contributed by atoms with Crippen LogP contribution in [0, 0.1) is 28.4 Å². The zero-order valence-corrected chi connectivity index (χ0v) is 10.7. The molecule has 0 bridgehead atoms. The molecule has 0 heterocycles. The van der Waals surface area contributed by atoms with Crippen LogP contribution in [0.2, 0.25) is 0 Å². The largest absolute Gasteiger partial charge is 0.243 e. The lowest BCUT2D eigenvalue weighted by Gasteiger charge is -2.16. The molecule has 0 atom stereocenters. The highest BCUT2D eigenvalue weighted by atomic mass is 32.2. The number of benzene rings is 1. The van der Waals surface area contributed by atoms with Crippen LogP contribution in [0.4, 0.5) is 8.78 Å². The Bertz CT molecular complexity index is 592. The van der Waals surface area contributed by atoms with E-state index in [1.54, 1.807) is 0 Å². The molecule has 0 aromatic heterocycles. The second-order valence-corrected chi connectivity index (χ2v) is 6.13. The number of hydrogen-bond acceptors (Lipinski definition) is 3. The molecule has 0 fully saturated rings. The van der Waals surface area contributed by atoms with E-state index in [1.807, 2.05) is 6.07 Å². The van der Waals surface area contributed by atoms with Gasteiger partial charge in [-0.25, -0.2) is 21.9 Å². The highest BCUT2D eigenvalue weighted by Crippen LogP contribution is 2.17. The Morgan fingerprint density at radius 1 is 1.39 bits per heavy atom. The summed E-state index contributed by atoms with van der Waals surface area (Å²) in [6.45, 7) is 2.91. The maximum absolute atomic E-state index is 13.3. The molecule has 0 aliphatic carbocycles. The Morgan fingerprint density at radius 3 is 2.50 bits per heavy atom. The molecule has 1 N–H and O–H groups in total. The third-order valence-corrected chi connectivity index (χ3v) is 3.62. The normalized spacial score (nSPS) is 12.2. The number of rotatable bonds is 4. The summed E-state index contributed by atoms with van der Waals surface area (Å²) in [5.41, 5.74) is -0.913. The maximum atomic E-state index is 13.3. The van der Waals surface area contributed by atoms with Crippen LogP contribution in [0.25, 0.3) is 0 Å². The molecule has 0 unspecified atom stereocenters. The quantitative estimate of drug-likeness (QED) is 0.910. The first-order chi connectivity index (χ1) is 8.18. The molecule has 0 saturated carbocycles. The van der Waals surface area contributed by atoms with E-state index in [9.17, 15) is 17.2 Å². The van der Waals surface area contributed by atoms with Crippen molar-refractivity contribution in [3.8, 4) is 6.07 Å². The summed E-state index contributed by atoms with van der Waals surface area (Å²) in [6.07, 6.45) is 0. The fourth-order valence-electron chi connectivity index (χ4n) is 1.09. The Kier molecular flexibility index (Phi) is 4.04. The summed E-state index contributed by atoms with van der Waals surface area (Å²) in [7, 11) is -4.09. The molecule has 0 aliphatic heterocycles. The summed E-state index contributed by atoms with van der Waals surface area (Å²) in [5, 5.41) is 8.74. The van der Waals surface area contributed by atoms with Gasteiger partial charge in [-0.3, -0.25) is 0 Å². The zero-order valence-electron chi connectivity index (χ0n) is 9.87. The van der Waals surface area contributed by atoms with Crippen molar-refractivity contribution in [2.75, 3.05) is 6.54 Å². The molecular formula is C11H12F2N2O2S. The summed E-state index contributed by atoms with van der Waals surface area (Å²) in [4.78, 5) is -0.641. The van der Waals surface area contributed by atoms with Crippen molar-refractivity contribution in [2.24, 2.45) is 5.41 Å². The number of nitrogens with one attached hydrogen (secondary N) is 1. The average molecular weight is 274 g/mol. The summed E-state index contributed by atoms with van der Waals surface area (Å²) >= 11 is 0. The minimum atomic E-state index is -4.09. The molecule has 7 heteroatoms. The first-order valence-electron chi connectivity index (χ1n) is 5.04. The Labute approximate surface area is 104 Å². The molecule has 18 heavy (non-hydrogen) atoms. The smallest absolute Gasteiger partial charge is 0.209 e. The Balaban J connectivity index is 2.98. The van der Waals surface area contributed by atoms with Gasteiger partial charge >= 0.3 is 0 Å². The van der Waals surface area contributed by atoms with Crippen molar-refractivity contribution in [3.63, 3.8) is 0 Å². The van der Waals surface area contributed by atoms with Crippen molar-refractivity contribution < 1.29 is 17.2 Å². The van der Waals surface area contributed by atoms with Crippen LogP contribution >= 0.6 is 0 Å². The minimum absolute atomic E-state index is 0.164. The fraction of sp³-hybridized carbons (Fsp3) is 0.364. The lowest BCUT2D eigenvalue weighted by Crippen LogP contribution is -2.33. The van der Waals surface area contributed by atoms with Crippen LogP contribution in [0.15, 0.2) is 23.1 Å². The summed E-state index contributed by atoms with van der Waals surface area (Å²) in [5.74, 6) is -2.03. The fourth-order valence-corrected chi connectivity index (χ4v) is 2.36. The van der Waals surface area contributed by atoms with E-state index in [1.165, 1.54) is 13.8 Å². The number of nitriles is 1. The van der Waals surface area contributed by atoms with E-state index in [2.05, 4.69) is 4.72 Å². The number of halogens is 2. The molecule has 0 amide bonds. The van der Waals surface area contributed by atoms with Crippen molar-refractivity contribution in [1.82, 2.24) is 4.72 Å². The van der Waals surface area contributed by atoms with Crippen LogP contribution in [0.3, 0.4) is 0 Å². The van der Waals surface area contributed by atoms with Gasteiger partial charge in [0.1, 0.15) is 16.5 Å². The molecular weight excluding hydrogens is 262 g/mol. The monoisotopic (exact) mass is 274 g/mol. The van der Waals surface area contributed by atoms with Gasteiger partial charge in [0.2, 0.25) is 10.0 Å². The van der Waals surface area contributed by atoms with Gasteiger partial charge < -0.3 is 0 Å². The first kappa shape index (κ1) is 14.5. The van der Waals surface area contributed by atoms with Gasteiger partial charge in [-0.15, -0.1) is 0 Å². The number of nitrogens with zero attached hydrogens (tertiary/aromatic N) is 1. The van der Waals surface area contributed by atoms with E-state index < -0.39 is 32.0 Å². The predicted octanol–water partition coefficient (Wildman–Crippen LogP) is 1.79. The minimum Gasteiger partial charge on any atom is -0.209 e. The number of hydrogen-bond donors (Lipinski definition) is 1. The van der Waals surface area contributed by atoms with Gasteiger partial charge in [0, 0.05) is 12.6 Å². The van der Waals surface area contributed by atoms with Crippen LogP contribution < -0.4 is 4.72 Å². The molecule has 0 saturated heterocycles. The Morgan fingerprint density at radius 2 is 2.00 bits per heavy atom. The van der Waals surface area contributed by atoms with E-state index in [4.69, 9.17) is 5.26 Å². The number of sulfonamides is 1. The zero-order chi connectivity index (χ0) is 14.0. The summed E-state index contributed by atoms with van der Waals surface area (Å²) < 4.78 is 51.6. The molecule has 0 radical (unpaired) electrons. The van der Waals surface area contributed by atoms with Crippen LogP contribution in [0.5, 0.6) is 0 Å². The van der Waals surface area contributed by atoms with Crippen molar-refractivity contribution in [3.05, 3.63) is 29.8 Å². The van der Waals surface area contributed by atoms with Gasteiger partial charge in [0.15, 0.2) is 0 Å². The van der Waals surface area contributed by atoms with E-state index in [0.717, 1.165) is 12.1 Å². The summed E-state index contributed by atoms with van der Waals surface area (Å²) in [6, 6.07) is 4.09. The lowest BCUT2D eigenvalue weighted by atomic mass is 9.97. The molecule has 1 rings (SSSR count). The molecule has 1 aromatic rings. The second kappa shape index (κ2) is 5.00. The molecule has 98 valence electrons. The van der Waals surface area contributed by atoms with Crippen LogP contribution in [-0.4, -0.2) is 15.0 Å². The van der Waals surface area contributed by atoms with Gasteiger partial charge in [0.25, 0.3) is 0 Å². The SMILES string of the molecule is CC(C)(C#N)CNS(=O)(=O)c1ccc(F)cc1F. The first-order valence-corrected chi connectivity index (χ1v) is 6.52. The van der Waals surface area contributed by atoms with Crippen LogP contribution in [0.1, 0.15) is 13.8 Å². The lowest BCUT2D eigenvalue weighted by molar-refractivity contribution is 0.476. The van der Waals surface area contributed by atoms with E-state index >= 15 is 0 Å². The van der Waals surface area contributed by atoms with Crippen molar-refractivity contribution >= 4 is 10.0 Å². The molecule has 4 nitrogen and oxygen atoms in total. The van der Waals surface area contributed by atoms with E-state index in [-0.39, 0.29) is 6.54 Å². The highest BCUT2D eigenvalue weighted by Gasteiger charge is 2.24. The van der Waals surface area contributed by atoms with Gasteiger partial charge in [-0.2, -0.15) is 5.26 Å². The van der Waals surface area contributed by atoms with Gasteiger partial charge in [0.05, 0.1) is 11.5 Å². The average Bonchev–Trinajstić information content (AvgIpc) is 2.26. The van der Waals surface area contributed by atoms with Crippen molar-refractivity contribution in [2.45, 2.75) is 18.7 Å². The van der Waals surface area contributed by atoms with E-state index in [0.29, 0.717) is 6.07 Å². The standard InChI is InChI=1S/C11H12F2N2O2S/c1-11(2,6-14)7-15-18(16,17)10-4-3-8(12)5-9(10)13/h3-5,15H,7H2,1-2H3. The molecule has 0 spiro atoms. The second-order valence-electron chi connectivity index (χ2n) is 4.39.